The molecule has 1 fully saturated rings. The molecule has 2 heterocycles. The van der Waals surface area contributed by atoms with Gasteiger partial charge in [0.15, 0.2) is 0 Å². The van der Waals surface area contributed by atoms with Crippen LogP contribution in [0.25, 0.3) is 11.5 Å². The van der Waals surface area contributed by atoms with Crippen LogP contribution in [-0.4, -0.2) is 37.7 Å². The minimum atomic E-state index is -0.709. The van der Waals surface area contributed by atoms with Gasteiger partial charge in [-0.1, -0.05) is 18.2 Å². The zero-order valence-corrected chi connectivity index (χ0v) is 14.1. The molecule has 1 saturated heterocycles. The molecule has 4 nitrogen and oxygen atoms in total. The predicted octanol–water partition coefficient (Wildman–Crippen LogP) is 2.99. The molecule has 1 aliphatic rings. The molecule has 0 amide bonds. The van der Waals surface area contributed by atoms with E-state index in [1.165, 1.54) is 0 Å². The number of nitrogens with zero attached hydrogens (tertiary/aromatic N) is 2. The zero-order valence-electron chi connectivity index (χ0n) is 13.3. The Morgan fingerprint density at radius 2 is 2.05 bits per heavy atom. The molecule has 118 valence electrons. The van der Waals surface area contributed by atoms with Crippen molar-refractivity contribution in [2.24, 2.45) is 0 Å². The summed E-state index contributed by atoms with van der Waals surface area (Å²) >= 11 is 0. The Bertz CT molecular complexity index is 669. The fourth-order valence-electron chi connectivity index (χ4n) is 2.81. The standard InChI is InChI=1S/C17H22N2O2S/c1-12-14(3)22(20)10-9-19(12)11-16-13(2)21-17(18-16)15-7-5-4-6-8-15/h4-8,12,14H,9-11H2,1-3H3. The van der Waals surface area contributed by atoms with Crippen LogP contribution in [0.1, 0.15) is 25.3 Å². The molecule has 3 rings (SSSR count). The van der Waals surface area contributed by atoms with E-state index in [1.807, 2.05) is 37.3 Å². The highest BCUT2D eigenvalue weighted by molar-refractivity contribution is 7.85. The van der Waals surface area contributed by atoms with Crippen LogP contribution in [0.5, 0.6) is 0 Å². The lowest BCUT2D eigenvalue weighted by Crippen LogP contribution is -2.49. The zero-order chi connectivity index (χ0) is 15.7. The fraction of sp³-hybridized carbons (Fsp3) is 0.471. The number of benzene rings is 1. The summed E-state index contributed by atoms with van der Waals surface area (Å²) in [6.07, 6.45) is 0. The molecular formula is C17H22N2O2S. The van der Waals surface area contributed by atoms with Crippen molar-refractivity contribution in [3.8, 4) is 11.5 Å². The third-order valence-electron chi connectivity index (χ3n) is 4.52. The number of rotatable bonds is 3. The van der Waals surface area contributed by atoms with Crippen molar-refractivity contribution in [3.63, 3.8) is 0 Å². The highest BCUT2D eigenvalue weighted by Gasteiger charge is 2.30. The molecule has 0 saturated carbocycles. The lowest BCUT2D eigenvalue weighted by atomic mass is 10.2. The Morgan fingerprint density at radius 3 is 2.77 bits per heavy atom. The van der Waals surface area contributed by atoms with Crippen LogP contribution in [0.2, 0.25) is 0 Å². The van der Waals surface area contributed by atoms with Gasteiger partial charge >= 0.3 is 0 Å². The van der Waals surface area contributed by atoms with Crippen LogP contribution < -0.4 is 0 Å². The van der Waals surface area contributed by atoms with Crippen LogP contribution in [0.4, 0.5) is 0 Å². The smallest absolute Gasteiger partial charge is 0.226 e. The van der Waals surface area contributed by atoms with Crippen molar-refractivity contribution in [1.82, 2.24) is 9.88 Å². The third kappa shape index (κ3) is 3.01. The first-order valence-electron chi connectivity index (χ1n) is 7.69. The molecule has 3 atom stereocenters. The average molecular weight is 318 g/mol. The van der Waals surface area contributed by atoms with Crippen molar-refractivity contribution in [2.75, 3.05) is 12.3 Å². The van der Waals surface area contributed by atoms with Gasteiger partial charge in [0.25, 0.3) is 0 Å². The van der Waals surface area contributed by atoms with Gasteiger partial charge in [0.1, 0.15) is 5.76 Å². The second-order valence-corrected chi connectivity index (χ2v) is 7.80. The van der Waals surface area contributed by atoms with Crippen molar-refractivity contribution >= 4 is 10.8 Å². The van der Waals surface area contributed by atoms with E-state index in [-0.39, 0.29) is 5.25 Å². The van der Waals surface area contributed by atoms with E-state index in [0.717, 1.165) is 35.9 Å². The molecule has 1 aliphatic heterocycles. The number of aromatic nitrogens is 1. The molecule has 0 radical (unpaired) electrons. The van der Waals surface area contributed by atoms with Gasteiger partial charge in [0.05, 0.1) is 5.69 Å². The largest absolute Gasteiger partial charge is 0.441 e. The van der Waals surface area contributed by atoms with Crippen molar-refractivity contribution in [3.05, 3.63) is 41.8 Å². The van der Waals surface area contributed by atoms with E-state index in [0.29, 0.717) is 11.9 Å². The predicted molar refractivity (Wildman–Crippen MR) is 89.0 cm³/mol. The van der Waals surface area contributed by atoms with E-state index in [4.69, 9.17) is 4.42 Å². The van der Waals surface area contributed by atoms with E-state index in [9.17, 15) is 4.21 Å². The second-order valence-electron chi connectivity index (χ2n) is 5.89. The van der Waals surface area contributed by atoms with Crippen molar-refractivity contribution < 1.29 is 8.63 Å². The molecule has 0 aliphatic carbocycles. The van der Waals surface area contributed by atoms with Crippen LogP contribution in [0, 0.1) is 6.92 Å². The van der Waals surface area contributed by atoms with Crippen LogP contribution in [0.15, 0.2) is 34.7 Å². The molecule has 3 unspecified atom stereocenters. The number of hydrogen-bond acceptors (Lipinski definition) is 4. The summed E-state index contributed by atoms with van der Waals surface area (Å²) in [5.41, 5.74) is 1.98. The molecule has 22 heavy (non-hydrogen) atoms. The maximum Gasteiger partial charge on any atom is 0.226 e. The Kier molecular flexibility index (Phi) is 4.45. The topological polar surface area (TPSA) is 46.3 Å². The first-order chi connectivity index (χ1) is 10.6. The van der Waals surface area contributed by atoms with Crippen LogP contribution >= 0.6 is 0 Å². The van der Waals surface area contributed by atoms with Gasteiger partial charge in [-0.2, -0.15) is 0 Å². The normalized spacial score (nSPS) is 26.2. The average Bonchev–Trinajstić information content (AvgIpc) is 2.90. The minimum Gasteiger partial charge on any atom is -0.441 e. The van der Waals surface area contributed by atoms with Gasteiger partial charge in [-0.25, -0.2) is 4.98 Å². The highest BCUT2D eigenvalue weighted by Crippen LogP contribution is 2.24. The van der Waals surface area contributed by atoms with Crippen molar-refractivity contribution in [1.29, 1.82) is 0 Å². The first-order valence-corrected chi connectivity index (χ1v) is 9.07. The first kappa shape index (κ1) is 15.4. The highest BCUT2D eigenvalue weighted by atomic mass is 32.2. The molecule has 0 N–H and O–H groups in total. The monoisotopic (exact) mass is 318 g/mol. The van der Waals surface area contributed by atoms with Gasteiger partial charge < -0.3 is 4.42 Å². The SMILES string of the molecule is Cc1oc(-c2ccccc2)nc1CN1CCS(=O)C(C)C1C. The third-order valence-corrected chi connectivity index (χ3v) is 6.32. The summed E-state index contributed by atoms with van der Waals surface area (Å²) < 4.78 is 17.7. The molecule has 2 aromatic rings. The van der Waals surface area contributed by atoms with E-state index in [2.05, 4.69) is 23.7 Å². The number of aryl methyl sites for hydroxylation is 1. The summed E-state index contributed by atoms with van der Waals surface area (Å²) in [5.74, 6) is 2.29. The van der Waals surface area contributed by atoms with Crippen LogP contribution in [0.3, 0.4) is 0 Å². The van der Waals surface area contributed by atoms with E-state index < -0.39 is 10.8 Å². The minimum absolute atomic E-state index is 0.203. The Morgan fingerprint density at radius 1 is 1.32 bits per heavy atom. The summed E-state index contributed by atoms with van der Waals surface area (Å²) in [6, 6.07) is 10.3. The van der Waals surface area contributed by atoms with E-state index >= 15 is 0 Å². The van der Waals surface area contributed by atoms with Crippen LogP contribution in [-0.2, 0) is 17.3 Å². The van der Waals surface area contributed by atoms with E-state index in [1.54, 1.807) is 0 Å². The quantitative estimate of drug-likeness (QED) is 0.873. The molecular weight excluding hydrogens is 296 g/mol. The maximum absolute atomic E-state index is 11.9. The molecule has 5 heteroatoms. The molecule has 1 aromatic carbocycles. The van der Waals surface area contributed by atoms with Gasteiger partial charge in [-0.3, -0.25) is 9.11 Å². The van der Waals surface area contributed by atoms with Crippen molar-refractivity contribution in [2.45, 2.75) is 38.6 Å². The number of hydrogen-bond donors (Lipinski definition) is 0. The fourth-order valence-corrected chi connectivity index (χ4v) is 4.21. The molecule has 0 spiro atoms. The molecule has 0 bridgehead atoms. The van der Waals surface area contributed by atoms with Gasteiger partial charge in [0.2, 0.25) is 5.89 Å². The lowest BCUT2D eigenvalue weighted by molar-refractivity contribution is 0.198. The Labute approximate surface area is 134 Å². The van der Waals surface area contributed by atoms with Gasteiger partial charge in [-0.15, -0.1) is 0 Å². The Balaban J connectivity index is 1.79. The summed E-state index contributed by atoms with van der Waals surface area (Å²) in [7, 11) is -0.709. The molecule has 1 aromatic heterocycles. The van der Waals surface area contributed by atoms with Gasteiger partial charge in [0, 0.05) is 46.5 Å². The summed E-state index contributed by atoms with van der Waals surface area (Å²) in [4.78, 5) is 7.02. The maximum atomic E-state index is 11.9. The second kappa shape index (κ2) is 6.34. The summed E-state index contributed by atoms with van der Waals surface area (Å²) in [6.45, 7) is 7.79. The number of oxazole rings is 1. The summed E-state index contributed by atoms with van der Waals surface area (Å²) in [5, 5.41) is 0.203. The lowest BCUT2D eigenvalue weighted by Gasteiger charge is -2.36. The van der Waals surface area contributed by atoms with Gasteiger partial charge in [-0.05, 0) is 32.9 Å². The Hall–Kier alpha value is -1.46.